The Bertz CT molecular complexity index is 719. The monoisotopic (exact) mass is 329 g/mol. The smallest absolute Gasteiger partial charge is 0.242 e. The number of hydrogen-bond acceptors (Lipinski definition) is 3. The van der Waals surface area contributed by atoms with Gasteiger partial charge in [0, 0.05) is 49.5 Å². The number of aromatic amines is 1. The summed E-state index contributed by atoms with van der Waals surface area (Å²) in [6.45, 7) is 3.46. The van der Waals surface area contributed by atoms with Crippen LogP contribution in [0.15, 0.2) is 30.5 Å². The van der Waals surface area contributed by atoms with Gasteiger partial charge in [0.15, 0.2) is 0 Å². The molecular weight excluding hydrogens is 306 g/mol. The largest absolute Gasteiger partial charge is 0.381 e. The van der Waals surface area contributed by atoms with E-state index in [1.54, 1.807) is 0 Å². The molecule has 0 unspecified atom stereocenters. The van der Waals surface area contributed by atoms with Crippen LogP contribution >= 0.6 is 0 Å². The number of rotatable bonds is 6. The molecule has 1 aliphatic rings. The summed E-state index contributed by atoms with van der Waals surface area (Å²) in [5, 5.41) is 6.78. The van der Waals surface area contributed by atoms with Crippen LogP contribution in [0.3, 0.4) is 0 Å². The molecule has 6 heteroatoms. The molecule has 2 amide bonds. The molecule has 0 bridgehead atoms. The zero-order chi connectivity index (χ0) is 16.9. The number of amides is 2. The molecule has 1 aromatic carbocycles. The number of nitrogens with one attached hydrogen (secondary N) is 3. The first-order valence-electron chi connectivity index (χ1n) is 8.31. The van der Waals surface area contributed by atoms with Crippen LogP contribution in [-0.4, -0.2) is 42.6 Å². The molecule has 1 fully saturated rings. The van der Waals surface area contributed by atoms with Crippen LogP contribution in [0, 0.1) is 5.92 Å². The Balaban J connectivity index is 1.68. The minimum Gasteiger partial charge on any atom is -0.381 e. The van der Waals surface area contributed by atoms with E-state index in [2.05, 4.69) is 15.6 Å². The van der Waals surface area contributed by atoms with Crippen molar-refractivity contribution >= 4 is 22.7 Å². The van der Waals surface area contributed by atoms with Gasteiger partial charge in [0.2, 0.25) is 11.8 Å². The van der Waals surface area contributed by atoms with E-state index in [0.29, 0.717) is 25.5 Å². The molecule has 3 rings (SSSR count). The average molecular weight is 329 g/mol. The third-order valence-electron chi connectivity index (χ3n) is 4.38. The Hall–Kier alpha value is -2.34. The molecule has 0 spiro atoms. The minimum absolute atomic E-state index is 0.151. The molecule has 2 heterocycles. The molecular formula is C18H23N3O3. The normalized spacial score (nSPS) is 18.5. The standard InChI is InChI=1S/C18H23N3O3/c1-12(22)21-17(18(23)20-9-13-6-7-24-11-13)8-14-10-19-16-5-3-2-4-15(14)16/h2-5,10,13,17,19H,6-9,11H2,1H3,(H,20,23)(H,21,22)/t13-,17+/m1/s1. The lowest BCUT2D eigenvalue weighted by Gasteiger charge is -2.18. The third-order valence-corrected chi connectivity index (χ3v) is 4.38. The zero-order valence-electron chi connectivity index (χ0n) is 13.8. The van der Waals surface area contributed by atoms with Crippen LogP contribution in [0.25, 0.3) is 10.9 Å². The summed E-state index contributed by atoms with van der Waals surface area (Å²) in [4.78, 5) is 27.2. The fourth-order valence-corrected chi connectivity index (χ4v) is 3.09. The van der Waals surface area contributed by atoms with Gasteiger partial charge in [0.05, 0.1) is 6.61 Å². The first kappa shape index (κ1) is 16.5. The van der Waals surface area contributed by atoms with E-state index in [0.717, 1.165) is 29.5 Å². The second-order valence-corrected chi connectivity index (χ2v) is 6.29. The number of hydrogen-bond donors (Lipinski definition) is 3. The predicted octanol–water partition coefficient (Wildman–Crippen LogP) is 1.37. The van der Waals surface area contributed by atoms with Gasteiger partial charge in [-0.3, -0.25) is 9.59 Å². The zero-order valence-corrected chi connectivity index (χ0v) is 13.8. The van der Waals surface area contributed by atoms with Gasteiger partial charge in [-0.05, 0) is 18.1 Å². The van der Waals surface area contributed by atoms with E-state index < -0.39 is 6.04 Å². The number of ether oxygens (including phenoxy) is 1. The fourth-order valence-electron chi connectivity index (χ4n) is 3.09. The van der Waals surface area contributed by atoms with Crippen LogP contribution in [0.1, 0.15) is 18.9 Å². The molecule has 0 aliphatic carbocycles. The van der Waals surface area contributed by atoms with Gasteiger partial charge in [-0.2, -0.15) is 0 Å². The molecule has 24 heavy (non-hydrogen) atoms. The quantitative estimate of drug-likeness (QED) is 0.748. The van der Waals surface area contributed by atoms with Crippen molar-refractivity contribution in [2.75, 3.05) is 19.8 Å². The molecule has 2 aromatic rings. The summed E-state index contributed by atoms with van der Waals surface area (Å²) >= 11 is 0. The van der Waals surface area contributed by atoms with Gasteiger partial charge in [-0.1, -0.05) is 18.2 Å². The minimum atomic E-state index is -0.580. The van der Waals surface area contributed by atoms with Gasteiger partial charge in [0.25, 0.3) is 0 Å². The van der Waals surface area contributed by atoms with E-state index in [-0.39, 0.29) is 11.8 Å². The summed E-state index contributed by atoms with van der Waals surface area (Å²) in [6, 6.07) is 7.35. The lowest BCUT2D eigenvalue weighted by molar-refractivity contribution is -0.128. The molecule has 1 saturated heterocycles. The summed E-state index contributed by atoms with van der Waals surface area (Å²) in [5.41, 5.74) is 2.04. The van der Waals surface area contributed by atoms with Gasteiger partial charge >= 0.3 is 0 Å². The molecule has 2 atom stereocenters. The van der Waals surface area contributed by atoms with Gasteiger partial charge < -0.3 is 20.4 Å². The summed E-state index contributed by atoms with van der Waals surface area (Å²) in [5.74, 6) is 0.00147. The Morgan fingerprint density at radius 1 is 1.38 bits per heavy atom. The second kappa shape index (κ2) is 7.49. The molecule has 3 N–H and O–H groups in total. The van der Waals surface area contributed by atoms with E-state index >= 15 is 0 Å². The van der Waals surface area contributed by atoms with E-state index in [1.165, 1.54) is 6.92 Å². The topological polar surface area (TPSA) is 83.2 Å². The second-order valence-electron chi connectivity index (χ2n) is 6.29. The third kappa shape index (κ3) is 3.94. The van der Waals surface area contributed by atoms with Crippen molar-refractivity contribution in [2.45, 2.75) is 25.8 Å². The number of carbonyl (C=O) groups excluding carboxylic acids is 2. The molecule has 128 valence electrons. The first-order valence-corrected chi connectivity index (χ1v) is 8.31. The van der Waals surface area contributed by atoms with E-state index in [4.69, 9.17) is 4.74 Å². The number of para-hydroxylation sites is 1. The van der Waals surface area contributed by atoms with Gasteiger partial charge in [-0.15, -0.1) is 0 Å². The summed E-state index contributed by atoms with van der Waals surface area (Å²) in [6.07, 6.45) is 3.32. The average Bonchev–Trinajstić information content (AvgIpc) is 3.22. The van der Waals surface area contributed by atoms with Crippen molar-refractivity contribution < 1.29 is 14.3 Å². The van der Waals surface area contributed by atoms with Gasteiger partial charge in [-0.25, -0.2) is 0 Å². The van der Waals surface area contributed by atoms with Crippen LogP contribution in [0.2, 0.25) is 0 Å². The highest BCUT2D eigenvalue weighted by atomic mass is 16.5. The van der Waals surface area contributed by atoms with Crippen molar-refractivity contribution in [3.05, 3.63) is 36.0 Å². The van der Waals surface area contributed by atoms with E-state index in [9.17, 15) is 9.59 Å². The van der Waals surface area contributed by atoms with Crippen molar-refractivity contribution in [1.29, 1.82) is 0 Å². The number of H-pyrrole nitrogens is 1. The Labute approximate surface area is 141 Å². The molecule has 0 radical (unpaired) electrons. The van der Waals surface area contributed by atoms with Gasteiger partial charge in [0.1, 0.15) is 6.04 Å². The maximum atomic E-state index is 12.5. The van der Waals surface area contributed by atoms with Crippen molar-refractivity contribution in [1.82, 2.24) is 15.6 Å². The van der Waals surface area contributed by atoms with Crippen LogP contribution < -0.4 is 10.6 Å². The van der Waals surface area contributed by atoms with Crippen molar-refractivity contribution in [3.8, 4) is 0 Å². The van der Waals surface area contributed by atoms with Crippen molar-refractivity contribution in [3.63, 3.8) is 0 Å². The highest BCUT2D eigenvalue weighted by Gasteiger charge is 2.23. The lowest BCUT2D eigenvalue weighted by Crippen LogP contribution is -2.48. The Morgan fingerprint density at radius 3 is 2.96 bits per heavy atom. The first-order chi connectivity index (χ1) is 11.6. The maximum absolute atomic E-state index is 12.5. The molecule has 1 aromatic heterocycles. The molecule has 6 nitrogen and oxygen atoms in total. The van der Waals surface area contributed by atoms with Crippen LogP contribution in [-0.2, 0) is 20.7 Å². The summed E-state index contributed by atoms with van der Waals surface area (Å²) < 4.78 is 5.32. The summed E-state index contributed by atoms with van der Waals surface area (Å²) in [7, 11) is 0. The van der Waals surface area contributed by atoms with Crippen LogP contribution in [0.5, 0.6) is 0 Å². The fraction of sp³-hybridized carbons (Fsp3) is 0.444. The number of fused-ring (bicyclic) bond motifs is 1. The SMILES string of the molecule is CC(=O)N[C@@H](Cc1c[nH]c2ccccc12)C(=O)NC[C@H]1CCOC1. The number of benzene rings is 1. The predicted molar refractivity (Wildman–Crippen MR) is 91.5 cm³/mol. The molecule has 1 aliphatic heterocycles. The number of carbonyl (C=O) groups is 2. The molecule has 0 saturated carbocycles. The van der Waals surface area contributed by atoms with Crippen molar-refractivity contribution in [2.24, 2.45) is 5.92 Å². The highest BCUT2D eigenvalue weighted by molar-refractivity contribution is 5.89. The van der Waals surface area contributed by atoms with Crippen LogP contribution in [0.4, 0.5) is 0 Å². The Morgan fingerprint density at radius 2 is 2.21 bits per heavy atom. The number of aromatic nitrogens is 1. The Kier molecular flexibility index (Phi) is 5.15. The van der Waals surface area contributed by atoms with E-state index in [1.807, 2.05) is 30.5 Å². The lowest BCUT2D eigenvalue weighted by atomic mass is 10.0. The maximum Gasteiger partial charge on any atom is 0.242 e. The highest BCUT2D eigenvalue weighted by Crippen LogP contribution is 2.19.